The van der Waals surface area contributed by atoms with Gasteiger partial charge >= 0.3 is 0 Å². The topological polar surface area (TPSA) is 72.2 Å². The molecule has 1 aromatic carbocycles. The van der Waals surface area contributed by atoms with Crippen molar-refractivity contribution in [2.45, 2.75) is 56.9 Å². The smallest absolute Gasteiger partial charge is 0.240 e. The summed E-state index contributed by atoms with van der Waals surface area (Å²) in [6, 6.07) is 4.94. The normalized spacial score (nSPS) is 24.3. The number of nitrogens with two attached hydrogens (primary N) is 1. The predicted molar refractivity (Wildman–Crippen MR) is 81.9 cm³/mol. The highest BCUT2D eigenvalue weighted by Crippen LogP contribution is 2.25. The van der Waals surface area contributed by atoms with Crippen molar-refractivity contribution < 1.29 is 8.42 Å². The molecule has 0 bridgehead atoms. The number of sulfonamides is 1. The summed E-state index contributed by atoms with van der Waals surface area (Å²) < 4.78 is 27.8. The molecule has 2 atom stereocenters. The van der Waals surface area contributed by atoms with Crippen molar-refractivity contribution in [3.05, 3.63) is 23.8 Å². The van der Waals surface area contributed by atoms with Gasteiger partial charge in [0.1, 0.15) is 0 Å². The lowest BCUT2D eigenvalue weighted by molar-refractivity contribution is 0.399. The number of hydrogen-bond acceptors (Lipinski definition) is 3. The zero-order valence-electron chi connectivity index (χ0n) is 12.2. The van der Waals surface area contributed by atoms with Crippen molar-refractivity contribution >= 4 is 15.7 Å². The fourth-order valence-electron chi connectivity index (χ4n) is 2.72. The Hall–Kier alpha value is -1.07. The van der Waals surface area contributed by atoms with Gasteiger partial charge in [0.05, 0.1) is 4.90 Å². The molecular weight excluding hydrogens is 272 g/mol. The van der Waals surface area contributed by atoms with Gasteiger partial charge in [0.15, 0.2) is 0 Å². The quantitative estimate of drug-likeness (QED) is 0.665. The molecule has 112 valence electrons. The van der Waals surface area contributed by atoms with Gasteiger partial charge in [-0.15, -0.1) is 0 Å². The van der Waals surface area contributed by atoms with E-state index in [1.54, 1.807) is 18.2 Å². The molecule has 1 aliphatic carbocycles. The Bertz CT molecular complexity index is 569. The summed E-state index contributed by atoms with van der Waals surface area (Å²) in [5, 5.41) is 0. The molecule has 5 heteroatoms. The summed E-state index contributed by atoms with van der Waals surface area (Å²) in [5.41, 5.74) is 7.22. The predicted octanol–water partition coefficient (Wildman–Crippen LogP) is 2.82. The molecule has 0 aliphatic heterocycles. The summed E-state index contributed by atoms with van der Waals surface area (Å²) in [5.74, 6) is 0.384. The molecule has 0 spiro atoms. The molecule has 1 aliphatic rings. The number of aryl methyl sites for hydroxylation is 1. The van der Waals surface area contributed by atoms with E-state index in [2.05, 4.69) is 11.6 Å². The van der Waals surface area contributed by atoms with Crippen LogP contribution in [0.15, 0.2) is 23.1 Å². The molecule has 0 heterocycles. The first-order chi connectivity index (χ1) is 9.40. The molecular formula is C15H24N2O2S. The molecule has 1 saturated carbocycles. The third-order valence-electron chi connectivity index (χ3n) is 4.23. The van der Waals surface area contributed by atoms with E-state index in [0.717, 1.165) is 24.8 Å². The number of benzene rings is 1. The molecule has 20 heavy (non-hydrogen) atoms. The Labute approximate surface area is 121 Å². The lowest BCUT2D eigenvalue weighted by atomic mass is 9.98. The van der Waals surface area contributed by atoms with Crippen LogP contribution in [0.25, 0.3) is 0 Å². The SMILES string of the molecule is Cc1ccc(S(=O)(=O)NC2CCCCCC2C)cc1N. The molecule has 2 unspecified atom stereocenters. The maximum atomic E-state index is 12.5. The first-order valence-electron chi connectivity index (χ1n) is 7.28. The molecule has 2 rings (SSSR count). The minimum Gasteiger partial charge on any atom is -0.398 e. The van der Waals surface area contributed by atoms with E-state index in [9.17, 15) is 8.42 Å². The Morgan fingerprint density at radius 3 is 2.60 bits per heavy atom. The molecule has 1 aromatic rings. The van der Waals surface area contributed by atoms with Crippen LogP contribution >= 0.6 is 0 Å². The minimum atomic E-state index is -3.48. The van der Waals surface area contributed by atoms with E-state index < -0.39 is 10.0 Å². The third-order valence-corrected chi connectivity index (χ3v) is 5.72. The van der Waals surface area contributed by atoms with Crippen LogP contribution in [-0.2, 0) is 10.0 Å². The number of rotatable bonds is 3. The van der Waals surface area contributed by atoms with E-state index in [-0.39, 0.29) is 10.9 Å². The van der Waals surface area contributed by atoms with Crippen molar-refractivity contribution in [3.63, 3.8) is 0 Å². The Kier molecular flexibility index (Phi) is 4.70. The summed E-state index contributed by atoms with van der Waals surface area (Å²) in [6.45, 7) is 3.99. The van der Waals surface area contributed by atoms with Crippen molar-refractivity contribution in [1.82, 2.24) is 4.72 Å². The second-order valence-corrected chi connectivity index (χ2v) is 7.58. The Morgan fingerprint density at radius 2 is 1.90 bits per heavy atom. The largest absolute Gasteiger partial charge is 0.398 e. The van der Waals surface area contributed by atoms with Crippen LogP contribution in [0.2, 0.25) is 0 Å². The highest BCUT2D eigenvalue weighted by molar-refractivity contribution is 7.89. The van der Waals surface area contributed by atoms with Gasteiger partial charge in [-0.3, -0.25) is 0 Å². The number of hydrogen-bond donors (Lipinski definition) is 2. The first kappa shape index (κ1) is 15.3. The standard InChI is InChI=1S/C15H24N2O2S/c1-11-8-9-13(10-14(11)16)20(18,19)17-15-7-5-3-4-6-12(15)2/h8-10,12,15,17H,3-7,16H2,1-2H3. The monoisotopic (exact) mass is 296 g/mol. The van der Waals surface area contributed by atoms with E-state index >= 15 is 0 Å². The number of nitrogens with one attached hydrogen (secondary N) is 1. The molecule has 0 aromatic heterocycles. The van der Waals surface area contributed by atoms with Crippen LogP contribution in [-0.4, -0.2) is 14.5 Å². The summed E-state index contributed by atoms with van der Waals surface area (Å²) >= 11 is 0. The molecule has 0 amide bonds. The number of anilines is 1. The maximum Gasteiger partial charge on any atom is 0.240 e. The molecule has 1 fully saturated rings. The third kappa shape index (κ3) is 3.52. The molecule has 4 nitrogen and oxygen atoms in total. The van der Waals surface area contributed by atoms with Crippen LogP contribution in [0.1, 0.15) is 44.6 Å². The minimum absolute atomic E-state index is 0.0324. The van der Waals surface area contributed by atoms with Crippen LogP contribution < -0.4 is 10.5 Å². The van der Waals surface area contributed by atoms with E-state index in [1.807, 2.05) is 6.92 Å². The van der Waals surface area contributed by atoms with Gasteiger partial charge in [-0.05, 0) is 43.4 Å². The zero-order valence-corrected chi connectivity index (χ0v) is 13.0. The highest BCUT2D eigenvalue weighted by Gasteiger charge is 2.25. The lowest BCUT2D eigenvalue weighted by Crippen LogP contribution is -2.38. The fraction of sp³-hybridized carbons (Fsp3) is 0.600. The number of nitrogen functional groups attached to an aromatic ring is 1. The van der Waals surface area contributed by atoms with Gasteiger partial charge in [-0.1, -0.05) is 32.3 Å². The Morgan fingerprint density at radius 1 is 1.20 bits per heavy atom. The van der Waals surface area contributed by atoms with Crippen LogP contribution in [0.4, 0.5) is 5.69 Å². The first-order valence-corrected chi connectivity index (χ1v) is 8.77. The van der Waals surface area contributed by atoms with Gasteiger partial charge in [0.2, 0.25) is 10.0 Å². The van der Waals surface area contributed by atoms with Crippen LogP contribution in [0.5, 0.6) is 0 Å². The summed E-state index contributed by atoms with van der Waals surface area (Å²) in [6.07, 6.45) is 5.48. The second-order valence-electron chi connectivity index (χ2n) is 5.86. The average molecular weight is 296 g/mol. The van der Waals surface area contributed by atoms with Crippen molar-refractivity contribution in [3.8, 4) is 0 Å². The zero-order chi connectivity index (χ0) is 14.8. The van der Waals surface area contributed by atoms with Gasteiger partial charge in [-0.2, -0.15) is 0 Å². The van der Waals surface area contributed by atoms with Crippen LogP contribution in [0.3, 0.4) is 0 Å². The van der Waals surface area contributed by atoms with E-state index in [0.29, 0.717) is 11.6 Å². The highest BCUT2D eigenvalue weighted by atomic mass is 32.2. The van der Waals surface area contributed by atoms with E-state index in [1.165, 1.54) is 12.8 Å². The molecule has 0 radical (unpaired) electrons. The van der Waals surface area contributed by atoms with Crippen molar-refractivity contribution in [2.75, 3.05) is 5.73 Å². The van der Waals surface area contributed by atoms with E-state index in [4.69, 9.17) is 5.73 Å². The average Bonchev–Trinajstić information content (AvgIpc) is 2.58. The lowest BCUT2D eigenvalue weighted by Gasteiger charge is -2.22. The molecule has 0 saturated heterocycles. The Balaban J connectivity index is 2.19. The molecule has 3 N–H and O–H groups in total. The van der Waals surface area contributed by atoms with Crippen LogP contribution in [0, 0.1) is 12.8 Å². The van der Waals surface area contributed by atoms with Crippen molar-refractivity contribution in [1.29, 1.82) is 0 Å². The maximum absolute atomic E-state index is 12.5. The second kappa shape index (κ2) is 6.14. The van der Waals surface area contributed by atoms with Crippen molar-refractivity contribution in [2.24, 2.45) is 5.92 Å². The summed E-state index contributed by atoms with van der Waals surface area (Å²) in [4.78, 5) is 0.261. The van der Waals surface area contributed by atoms with Gasteiger partial charge in [0.25, 0.3) is 0 Å². The summed E-state index contributed by atoms with van der Waals surface area (Å²) in [7, 11) is -3.48. The van der Waals surface area contributed by atoms with Gasteiger partial charge < -0.3 is 5.73 Å². The van der Waals surface area contributed by atoms with Gasteiger partial charge in [0, 0.05) is 11.7 Å². The fourth-order valence-corrected chi connectivity index (χ4v) is 4.14. The van der Waals surface area contributed by atoms with Gasteiger partial charge in [-0.25, -0.2) is 13.1 Å².